The van der Waals surface area contributed by atoms with Gasteiger partial charge in [0.1, 0.15) is 0 Å². The number of unbranched alkanes of at least 4 members (excludes halogenated alkanes) is 3. The predicted molar refractivity (Wildman–Crippen MR) is 38.5 cm³/mol. The Hall–Kier alpha value is -0.0400. The monoisotopic (exact) mass is 128 g/mol. The highest BCUT2D eigenvalue weighted by atomic mass is 16.6. The number of ether oxygens (including phenoxy) is 1. The van der Waals surface area contributed by atoms with Crippen LogP contribution >= 0.6 is 0 Å². The molecular weight excluding hydrogens is 112 g/mol. The van der Waals surface area contributed by atoms with E-state index in [-0.39, 0.29) is 0 Å². The Labute approximate surface area is 57.4 Å². The minimum atomic E-state index is 0.654. The summed E-state index contributed by atoms with van der Waals surface area (Å²) in [5.74, 6) is 0. The summed E-state index contributed by atoms with van der Waals surface area (Å²) < 4.78 is 5.09. The van der Waals surface area contributed by atoms with Crippen molar-refractivity contribution in [2.75, 3.05) is 6.61 Å². The highest BCUT2D eigenvalue weighted by Crippen LogP contribution is 2.17. The fourth-order valence-corrected chi connectivity index (χ4v) is 1.03. The molecule has 1 nitrogen and oxygen atoms in total. The molecule has 1 heteroatoms. The second-order valence-electron chi connectivity index (χ2n) is 2.80. The molecule has 9 heavy (non-hydrogen) atoms. The van der Waals surface area contributed by atoms with Crippen molar-refractivity contribution in [2.45, 2.75) is 45.1 Å². The first kappa shape index (κ1) is 7.07. The number of rotatable bonds is 5. The third kappa shape index (κ3) is 3.52. The van der Waals surface area contributed by atoms with Crippen LogP contribution in [0.15, 0.2) is 0 Å². The molecular formula is C8H16O. The lowest BCUT2D eigenvalue weighted by Crippen LogP contribution is -1.84. The smallest absolute Gasteiger partial charge is 0.0810 e. The number of hydrogen-bond donors (Lipinski definition) is 0. The van der Waals surface area contributed by atoms with Gasteiger partial charge in [-0.25, -0.2) is 0 Å². The maximum absolute atomic E-state index is 5.09. The zero-order valence-electron chi connectivity index (χ0n) is 6.23. The zero-order valence-corrected chi connectivity index (χ0v) is 6.23. The van der Waals surface area contributed by atoms with Crippen LogP contribution in [-0.4, -0.2) is 12.7 Å². The highest BCUT2D eigenvalue weighted by Gasteiger charge is 2.20. The van der Waals surface area contributed by atoms with Crippen molar-refractivity contribution < 1.29 is 4.74 Å². The largest absolute Gasteiger partial charge is 0.373 e. The summed E-state index contributed by atoms with van der Waals surface area (Å²) in [5.41, 5.74) is 0. The third-order valence-corrected chi connectivity index (χ3v) is 1.78. The Morgan fingerprint density at radius 2 is 2.11 bits per heavy atom. The van der Waals surface area contributed by atoms with E-state index in [1.165, 1.54) is 32.1 Å². The Bertz CT molecular complexity index is 67.0. The molecule has 0 unspecified atom stereocenters. The van der Waals surface area contributed by atoms with E-state index >= 15 is 0 Å². The van der Waals surface area contributed by atoms with Crippen LogP contribution in [0, 0.1) is 0 Å². The molecule has 0 amide bonds. The van der Waals surface area contributed by atoms with Gasteiger partial charge in [-0.05, 0) is 6.42 Å². The minimum absolute atomic E-state index is 0.654. The summed E-state index contributed by atoms with van der Waals surface area (Å²) in [6.07, 6.45) is 7.47. The summed E-state index contributed by atoms with van der Waals surface area (Å²) in [5, 5.41) is 0. The van der Waals surface area contributed by atoms with Crippen molar-refractivity contribution in [3.8, 4) is 0 Å². The van der Waals surface area contributed by atoms with Crippen LogP contribution in [0.5, 0.6) is 0 Å². The van der Waals surface area contributed by atoms with Crippen molar-refractivity contribution in [1.82, 2.24) is 0 Å². The van der Waals surface area contributed by atoms with Gasteiger partial charge in [-0.2, -0.15) is 0 Å². The van der Waals surface area contributed by atoms with Crippen molar-refractivity contribution in [3.63, 3.8) is 0 Å². The van der Waals surface area contributed by atoms with Gasteiger partial charge in [0.15, 0.2) is 0 Å². The molecule has 0 spiro atoms. The molecule has 0 radical (unpaired) electrons. The summed E-state index contributed by atoms with van der Waals surface area (Å²) in [6, 6.07) is 0. The van der Waals surface area contributed by atoms with Gasteiger partial charge in [0.25, 0.3) is 0 Å². The molecule has 1 atom stereocenters. The van der Waals surface area contributed by atoms with Crippen molar-refractivity contribution in [1.29, 1.82) is 0 Å². The van der Waals surface area contributed by atoms with Crippen molar-refractivity contribution >= 4 is 0 Å². The maximum atomic E-state index is 5.09. The van der Waals surface area contributed by atoms with E-state index in [0.29, 0.717) is 6.10 Å². The molecule has 0 saturated carbocycles. The lowest BCUT2D eigenvalue weighted by Gasteiger charge is -1.93. The second-order valence-corrected chi connectivity index (χ2v) is 2.80. The fourth-order valence-electron chi connectivity index (χ4n) is 1.03. The van der Waals surface area contributed by atoms with E-state index in [1.54, 1.807) is 0 Å². The van der Waals surface area contributed by atoms with Gasteiger partial charge < -0.3 is 4.74 Å². The molecule has 0 aromatic heterocycles. The SMILES string of the molecule is CCCCCC[C@@H]1CO1. The quantitative estimate of drug-likeness (QED) is 0.409. The molecule has 1 saturated heterocycles. The van der Waals surface area contributed by atoms with Crippen LogP contribution in [0.25, 0.3) is 0 Å². The average molecular weight is 128 g/mol. The van der Waals surface area contributed by atoms with Gasteiger partial charge in [-0.3, -0.25) is 0 Å². The molecule has 0 aromatic carbocycles. The predicted octanol–water partition coefficient (Wildman–Crippen LogP) is 2.36. The molecule has 54 valence electrons. The third-order valence-electron chi connectivity index (χ3n) is 1.78. The summed E-state index contributed by atoms with van der Waals surface area (Å²) >= 11 is 0. The second kappa shape index (κ2) is 3.89. The van der Waals surface area contributed by atoms with E-state index in [0.717, 1.165) is 6.61 Å². The molecule has 0 N–H and O–H groups in total. The van der Waals surface area contributed by atoms with E-state index < -0.39 is 0 Å². The molecule has 1 heterocycles. The molecule has 0 bridgehead atoms. The molecule has 1 aliphatic rings. The van der Waals surface area contributed by atoms with Crippen LogP contribution in [0.3, 0.4) is 0 Å². The molecule has 1 rings (SSSR count). The zero-order chi connectivity index (χ0) is 6.53. The number of hydrogen-bond acceptors (Lipinski definition) is 1. The molecule has 0 aromatic rings. The van der Waals surface area contributed by atoms with Gasteiger partial charge in [0.2, 0.25) is 0 Å². The topological polar surface area (TPSA) is 12.5 Å². The Balaban J connectivity index is 1.71. The normalized spacial score (nSPS) is 24.3. The fraction of sp³-hybridized carbons (Fsp3) is 1.00. The first-order valence-electron chi connectivity index (χ1n) is 4.05. The van der Waals surface area contributed by atoms with Crippen LogP contribution in [0.4, 0.5) is 0 Å². The van der Waals surface area contributed by atoms with Crippen LogP contribution in [-0.2, 0) is 4.74 Å². The van der Waals surface area contributed by atoms with Gasteiger partial charge >= 0.3 is 0 Å². The van der Waals surface area contributed by atoms with Crippen molar-refractivity contribution in [2.24, 2.45) is 0 Å². The Kier molecular flexibility index (Phi) is 3.05. The Morgan fingerprint density at radius 1 is 1.33 bits per heavy atom. The molecule has 0 aliphatic carbocycles. The van der Waals surface area contributed by atoms with Crippen LogP contribution in [0.2, 0.25) is 0 Å². The van der Waals surface area contributed by atoms with E-state index in [4.69, 9.17) is 4.74 Å². The standard InChI is InChI=1S/C8H16O/c1-2-3-4-5-6-8-7-9-8/h8H,2-7H2,1H3/t8-/m1/s1. The van der Waals surface area contributed by atoms with Gasteiger partial charge in [0.05, 0.1) is 12.7 Å². The summed E-state index contributed by atoms with van der Waals surface area (Å²) in [7, 11) is 0. The Morgan fingerprint density at radius 3 is 2.67 bits per heavy atom. The van der Waals surface area contributed by atoms with Crippen LogP contribution in [0.1, 0.15) is 39.0 Å². The average Bonchev–Trinajstić information content (AvgIpc) is 2.63. The van der Waals surface area contributed by atoms with E-state index in [2.05, 4.69) is 6.92 Å². The van der Waals surface area contributed by atoms with Gasteiger partial charge in [-0.1, -0.05) is 32.6 Å². The van der Waals surface area contributed by atoms with Crippen molar-refractivity contribution in [3.05, 3.63) is 0 Å². The van der Waals surface area contributed by atoms with E-state index in [1.807, 2.05) is 0 Å². The van der Waals surface area contributed by atoms with E-state index in [9.17, 15) is 0 Å². The first-order valence-corrected chi connectivity index (χ1v) is 4.05. The lowest BCUT2D eigenvalue weighted by molar-refractivity contribution is 0.388. The minimum Gasteiger partial charge on any atom is -0.373 e. The highest BCUT2D eigenvalue weighted by molar-refractivity contribution is 4.67. The maximum Gasteiger partial charge on any atom is 0.0810 e. The first-order chi connectivity index (χ1) is 4.43. The lowest BCUT2D eigenvalue weighted by atomic mass is 10.1. The van der Waals surface area contributed by atoms with Crippen LogP contribution < -0.4 is 0 Å². The summed E-state index contributed by atoms with van der Waals surface area (Å²) in [6.45, 7) is 3.28. The van der Waals surface area contributed by atoms with Gasteiger partial charge in [-0.15, -0.1) is 0 Å². The van der Waals surface area contributed by atoms with Gasteiger partial charge in [0, 0.05) is 0 Å². The number of epoxide rings is 1. The molecule has 1 aliphatic heterocycles. The summed E-state index contributed by atoms with van der Waals surface area (Å²) in [4.78, 5) is 0. The molecule has 1 fully saturated rings.